The van der Waals surface area contributed by atoms with Crippen LogP contribution in [0.25, 0.3) is 10.9 Å². The SMILES string of the molecule is O=S(=O)(O)CCCc1ccc2ccccc2n1. The predicted molar refractivity (Wildman–Crippen MR) is 66.5 cm³/mol. The number of fused-ring (bicyclic) bond motifs is 1. The summed E-state index contributed by atoms with van der Waals surface area (Å²) >= 11 is 0. The summed E-state index contributed by atoms with van der Waals surface area (Å²) in [5.41, 5.74) is 1.74. The van der Waals surface area contributed by atoms with Crippen LogP contribution >= 0.6 is 0 Å². The fraction of sp³-hybridized carbons (Fsp3) is 0.250. The Kier molecular flexibility index (Phi) is 3.40. The zero-order chi connectivity index (χ0) is 12.3. The zero-order valence-corrected chi connectivity index (χ0v) is 10.0. The van der Waals surface area contributed by atoms with Gasteiger partial charge in [-0.3, -0.25) is 9.54 Å². The molecule has 5 heteroatoms. The van der Waals surface area contributed by atoms with Crippen LogP contribution in [-0.2, 0) is 16.5 Å². The first-order valence-corrected chi connectivity index (χ1v) is 6.95. The summed E-state index contributed by atoms with van der Waals surface area (Å²) in [6.07, 6.45) is 0.925. The smallest absolute Gasteiger partial charge is 0.264 e. The minimum Gasteiger partial charge on any atom is -0.286 e. The molecule has 17 heavy (non-hydrogen) atoms. The maximum Gasteiger partial charge on any atom is 0.264 e. The maximum absolute atomic E-state index is 10.6. The number of aromatic nitrogens is 1. The van der Waals surface area contributed by atoms with Crippen molar-refractivity contribution in [1.29, 1.82) is 0 Å². The second kappa shape index (κ2) is 4.81. The molecule has 0 aliphatic rings. The van der Waals surface area contributed by atoms with Crippen molar-refractivity contribution < 1.29 is 13.0 Å². The molecule has 1 N–H and O–H groups in total. The van der Waals surface area contributed by atoms with E-state index < -0.39 is 10.1 Å². The minimum atomic E-state index is -3.86. The molecule has 0 unspecified atom stereocenters. The molecule has 0 radical (unpaired) electrons. The molecule has 0 spiro atoms. The summed E-state index contributed by atoms with van der Waals surface area (Å²) in [4.78, 5) is 4.42. The quantitative estimate of drug-likeness (QED) is 0.844. The van der Waals surface area contributed by atoms with E-state index in [2.05, 4.69) is 4.98 Å². The van der Waals surface area contributed by atoms with Gasteiger partial charge in [0.1, 0.15) is 0 Å². The van der Waals surface area contributed by atoms with Crippen molar-refractivity contribution >= 4 is 21.0 Å². The minimum absolute atomic E-state index is 0.221. The lowest BCUT2D eigenvalue weighted by atomic mass is 10.1. The average Bonchev–Trinajstić information content (AvgIpc) is 2.27. The van der Waals surface area contributed by atoms with Gasteiger partial charge in [0, 0.05) is 11.1 Å². The van der Waals surface area contributed by atoms with Gasteiger partial charge < -0.3 is 0 Å². The Morgan fingerprint density at radius 3 is 2.65 bits per heavy atom. The molecule has 1 aromatic carbocycles. The highest BCUT2D eigenvalue weighted by atomic mass is 32.2. The topological polar surface area (TPSA) is 67.3 Å². The Balaban J connectivity index is 2.09. The van der Waals surface area contributed by atoms with Crippen molar-refractivity contribution in [3.63, 3.8) is 0 Å². The highest BCUT2D eigenvalue weighted by molar-refractivity contribution is 7.85. The Hall–Kier alpha value is -1.46. The standard InChI is InChI=1S/C12H13NO3S/c14-17(15,16)9-3-5-11-8-7-10-4-1-2-6-12(10)13-11/h1-2,4,6-8H,3,5,9H2,(H,14,15,16). The van der Waals surface area contributed by atoms with Gasteiger partial charge in [-0.15, -0.1) is 0 Å². The van der Waals surface area contributed by atoms with Gasteiger partial charge in [-0.25, -0.2) is 0 Å². The van der Waals surface area contributed by atoms with Crippen molar-refractivity contribution in [2.24, 2.45) is 0 Å². The molecule has 0 saturated heterocycles. The second-order valence-corrected chi connectivity index (χ2v) is 5.46. The zero-order valence-electron chi connectivity index (χ0n) is 9.20. The first kappa shape index (κ1) is 12.0. The van der Waals surface area contributed by atoms with Crippen LogP contribution in [-0.4, -0.2) is 23.7 Å². The Labute approximate surface area is 100 Å². The van der Waals surface area contributed by atoms with Gasteiger partial charge in [-0.05, 0) is 25.0 Å². The van der Waals surface area contributed by atoms with E-state index in [9.17, 15) is 8.42 Å². The summed E-state index contributed by atoms with van der Waals surface area (Å²) in [7, 11) is -3.86. The van der Waals surface area contributed by atoms with Gasteiger partial charge >= 0.3 is 0 Å². The molecular weight excluding hydrogens is 238 g/mol. The molecule has 0 fully saturated rings. The second-order valence-electron chi connectivity index (χ2n) is 3.88. The number of pyridine rings is 1. The van der Waals surface area contributed by atoms with E-state index in [1.54, 1.807) is 0 Å². The average molecular weight is 251 g/mol. The van der Waals surface area contributed by atoms with E-state index in [0.717, 1.165) is 16.6 Å². The lowest BCUT2D eigenvalue weighted by molar-refractivity contribution is 0.481. The summed E-state index contributed by atoms with van der Waals surface area (Å²) < 4.78 is 29.8. The van der Waals surface area contributed by atoms with Crippen LogP contribution in [0.5, 0.6) is 0 Å². The molecule has 1 aromatic heterocycles. The van der Waals surface area contributed by atoms with Gasteiger partial charge in [0.2, 0.25) is 0 Å². The molecule has 90 valence electrons. The fourth-order valence-electron chi connectivity index (χ4n) is 1.68. The molecule has 4 nitrogen and oxygen atoms in total. The first-order valence-electron chi connectivity index (χ1n) is 5.34. The molecule has 2 rings (SSSR count). The Morgan fingerprint density at radius 2 is 1.88 bits per heavy atom. The Bertz CT molecular complexity index is 622. The fourth-order valence-corrected chi connectivity index (χ4v) is 2.19. The van der Waals surface area contributed by atoms with Gasteiger partial charge in [-0.2, -0.15) is 8.42 Å². The van der Waals surface area contributed by atoms with E-state index in [4.69, 9.17) is 4.55 Å². The third kappa shape index (κ3) is 3.51. The van der Waals surface area contributed by atoms with Crippen molar-refractivity contribution in [2.45, 2.75) is 12.8 Å². The van der Waals surface area contributed by atoms with Crippen LogP contribution in [0.3, 0.4) is 0 Å². The summed E-state index contributed by atoms with van der Waals surface area (Å²) in [6, 6.07) is 11.6. The molecule has 0 aliphatic carbocycles. The molecule has 2 aromatic rings. The van der Waals surface area contributed by atoms with Crippen molar-refractivity contribution in [3.05, 3.63) is 42.1 Å². The molecule has 1 heterocycles. The van der Waals surface area contributed by atoms with Crippen LogP contribution in [0, 0.1) is 0 Å². The van der Waals surface area contributed by atoms with Crippen molar-refractivity contribution in [1.82, 2.24) is 4.98 Å². The van der Waals surface area contributed by atoms with Crippen LogP contribution in [0.1, 0.15) is 12.1 Å². The molecule has 0 aliphatic heterocycles. The molecule has 0 atom stereocenters. The first-order chi connectivity index (χ1) is 8.04. The largest absolute Gasteiger partial charge is 0.286 e. The number of hydrogen-bond acceptors (Lipinski definition) is 3. The van der Waals surface area contributed by atoms with Crippen molar-refractivity contribution in [2.75, 3.05) is 5.75 Å². The normalized spacial score (nSPS) is 11.8. The summed E-state index contributed by atoms with van der Waals surface area (Å²) in [5, 5.41) is 1.06. The number of benzene rings is 1. The molecule has 0 bridgehead atoms. The van der Waals surface area contributed by atoms with Crippen LogP contribution < -0.4 is 0 Å². The van der Waals surface area contributed by atoms with Gasteiger partial charge in [0.15, 0.2) is 0 Å². The molecular formula is C12H13NO3S. The van der Waals surface area contributed by atoms with E-state index in [-0.39, 0.29) is 5.75 Å². The third-order valence-corrected chi connectivity index (χ3v) is 3.30. The van der Waals surface area contributed by atoms with Crippen LogP contribution in [0.15, 0.2) is 36.4 Å². The van der Waals surface area contributed by atoms with E-state index >= 15 is 0 Å². The lowest BCUT2D eigenvalue weighted by Crippen LogP contribution is -2.05. The number of para-hydroxylation sites is 1. The lowest BCUT2D eigenvalue weighted by Gasteiger charge is -2.02. The van der Waals surface area contributed by atoms with E-state index in [1.165, 1.54) is 0 Å². The summed E-state index contributed by atoms with van der Waals surface area (Å²) in [6.45, 7) is 0. The Morgan fingerprint density at radius 1 is 1.12 bits per heavy atom. The van der Waals surface area contributed by atoms with Gasteiger partial charge in [0.05, 0.1) is 11.3 Å². The highest BCUT2D eigenvalue weighted by Crippen LogP contribution is 2.12. The predicted octanol–water partition coefficient (Wildman–Crippen LogP) is 2.06. The number of hydrogen-bond donors (Lipinski definition) is 1. The van der Waals surface area contributed by atoms with Gasteiger partial charge in [-0.1, -0.05) is 24.3 Å². The van der Waals surface area contributed by atoms with Crippen LogP contribution in [0.2, 0.25) is 0 Å². The van der Waals surface area contributed by atoms with E-state index in [0.29, 0.717) is 12.8 Å². The maximum atomic E-state index is 10.6. The molecule has 0 amide bonds. The highest BCUT2D eigenvalue weighted by Gasteiger charge is 2.05. The van der Waals surface area contributed by atoms with Crippen LogP contribution in [0.4, 0.5) is 0 Å². The number of nitrogens with zero attached hydrogens (tertiary/aromatic N) is 1. The monoisotopic (exact) mass is 251 g/mol. The van der Waals surface area contributed by atoms with E-state index in [1.807, 2.05) is 36.4 Å². The third-order valence-electron chi connectivity index (χ3n) is 2.49. The number of aryl methyl sites for hydroxylation is 1. The summed E-state index contributed by atoms with van der Waals surface area (Å²) in [5.74, 6) is -0.221. The number of rotatable bonds is 4. The molecule has 0 saturated carbocycles. The van der Waals surface area contributed by atoms with Crippen molar-refractivity contribution in [3.8, 4) is 0 Å². The van der Waals surface area contributed by atoms with Gasteiger partial charge in [0.25, 0.3) is 10.1 Å².